The van der Waals surface area contributed by atoms with Gasteiger partial charge in [-0.2, -0.15) is 0 Å². The average molecular weight is 268 g/mol. The smallest absolute Gasteiger partial charge is 0.340 e. The van der Waals surface area contributed by atoms with E-state index in [0.29, 0.717) is 12.2 Å². The number of nitrogen functional groups attached to an aromatic ring is 1. The van der Waals surface area contributed by atoms with Crippen LogP contribution in [-0.2, 0) is 4.74 Å². The van der Waals surface area contributed by atoms with Gasteiger partial charge in [0.05, 0.1) is 17.9 Å². The number of anilines is 2. The number of nitrogens with two attached hydrogens (primary N) is 1. The first kappa shape index (κ1) is 15.3. The Balaban J connectivity index is 3.26. The molecule has 0 aromatic heterocycles. The van der Waals surface area contributed by atoms with Gasteiger partial charge in [-0.25, -0.2) is 9.18 Å². The Morgan fingerprint density at radius 3 is 2.53 bits per heavy atom. The molecule has 1 aromatic carbocycles. The van der Waals surface area contributed by atoms with E-state index in [0.717, 1.165) is 0 Å². The summed E-state index contributed by atoms with van der Waals surface area (Å²) in [5, 5.41) is 0. The van der Waals surface area contributed by atoms with Crippen LogP contribution in [0.15, 0.2) is 12.1 Å². The Bertz CT molecular complexity index is 461. The van der Waals surface area contributed by atoms with Crippen molar-refractivity contribution in [3.63, 3.8) is 0 Å². The lowest BCUT2D eigenvalue weighted by Gasteiger charge is -2.28. The molecular weight excluding hydrogens is 247 g/mol. The lowest BCUT2D eigenvalue weighted by atomic mass is 10.1. The minimum Gasteiger partial charge on any atom is -0.462 e. The molecule has 0 aliphatic carbocycles. The third-order valence-electron chi connectivity index (χ3n) is 2.89. The molecule has 0 heterocycles. The SMILES string of the molecule is CCOC(=O)c1cc(N(CC)C(C)C)c(F)cc1N. The number of halogens is 1. The predicted octanol–water partition coefficient (Wildman–Crippen LogP) is 2.82. The second-order valence-corrected chi connectivity index (χ2v) is 4.49. The highest BCUT2D eigenvalue weighted by Gasteiger charge is 2.19. The zero-order valence-corrected chi connectivity index (χ0v) is 11.9. The molecule has 4 nitrogen and oxygen atoms in total. The Morgan fingerprint density at radius 2 is 2.05 bits per heavy atom. The molecule has 0 saturated heterocycles. The van der Waals surface area contributed by atoms with Crippen molar-refractivity contribution in [2.24, 2.45) is 0 Å². The molecule has 2 N–H and O–H groups in total. The summed E-state index contributed by atoms with van der Waals surface area (Å²) in [6, 6.07) is 2.76. The number of hydrogen-bond acceptors (Lipinski definition) is 4. The van der Waals surface area contributed by atoms with Crippen molar-refractivity contribution >= 4 is 17.3 Å². The maximum atomic E-state index is 14.0. The molecule has 106 valence electrons. The van der Waals surface area contributed by atoms with Crippen LogP contribution in [0.2, 0.25) is 0 Å². The van der Waals surface area contributed by atoms with Crippen LogP contribution >= 0.6 is 0 Å². The fourth-order valence-corrected chi connectivity index (χ4v) is 2.00. The minimum absolute atomic E-state index is 0.0968. The lowest BCUT2D eigenvalue weighted by Crippen LogP contribution is -2.31. The van der Waals surface area contributed by atoms with Gasteiger partial charge in [0, 0.05) is 18.3 Å². The summed E-state index contributed by atoms with van der Waals surface area (Å²) in [6.07, 6.45) is 0. The number of hydrogen-bond donors (Lipinski definition) is 1. The summed E-state index contributed by atoms with van der Waals surface area (Å²) in [7, 11) is 0. The van der Waals surface area contributed by atoms with Crippen LogP contribution in [0.4, 0.5) is 15.8 Å². The van der Waals surface area contributed by atoms with Gasteiger partial charge in [-0.15, -0.1) is 0 Å². The molecule has 0 fully saturated rings. The Labute approximate surface area is 113 Å². The van der Waals surface area contributed by atoms with Gasteiger partial charge in [-0.1, -0.05) is 0 Å². The first-order valence-corrected chi connectivity index (χ1v) is 6.45. The van der Waals surface area contributed by atoms with Gasteiger partial charge in [0.2, 0.25) is 0 Å². The van der Waals surface area contributed by atoms with Gasteiger partial charge in [-0.05, 0) is 39.8 Å². The molecule has 1 rings (SSSR count). The normalized spacial score (nSPS) is 10.6. The van der Waals surface area contributed by atoms with Crippen molar-refractivity contribution in [3.8, 4) is 0 Å². The largest absolute Gasteiger partial charge is 0.462 e. The molecule has 0 bridgehead atoms. The van der Waals surface area contributed by atoms with E-state index in [-0.39, 0.29) is 23.9 Å². The van der Waals surface area contributed by atoms with Crippen molar-refractivity contribution in [2.45, 2.75) is 33.7 Å². The molecule has 0 radical (unpaired) electrons. The van der Waals surface area contributed by atoms with Gasteiger partial charge in [0.1, 0.15) is 5.82 Å². The Kier molecular flexibility index (Phi) is 5.15. The lowest BCUT2D eigenvalue weighted by molar-refractivity contribution is 0.0527. The number of carbonyl (C=O) groups excluding carboxylic acids is 1. The van der Waals surface area contributed by atoms with Gasteiger partial charge in [-0.3, -0.25) is 0 Å². The number of rotatable bonds is 5. The topological polar surface area (TPSA) is 55.6 Å². The van der Waals surface area contributed by atoms with E-state index in [2.05, 4.69) is 0 Å². The highest BCUT2D eigenvalue weighted by molar-refractivity contribution is 5.96. The van der Waals surface area contributed by atoms with E-state index < -0.39 is 11.8 Å². The average Bonchev–Trinajstić information content (AvgIpc) is 2.32. The maximum absolute atomic E-state index is 14.0. The Morgan fingerprint density at radius 1 is 1.42 bits per heavy atom. The zero-order chi connectivity index (χ0) is 14.6. The number of ether oxygens (including phenoxy) is 1. The van der Waals surface area contributed by atoms with Crippen molar-refractivity contribution in [1.29, 1.82) is 0 Å². The van der Waals surface area contributed by atoms with Crippen molar-refractivity contribution in [3.05, 3.63) is 23.5 Å². The summed E-state index contributed by atoms with van der Waals surface area (Å²) in [5.74, 6) is -0.956. The maximum Gasteiger partial charge on any atom is 0.340 e. The Hall–Kier alpha value is -1.78. The van der Waals surface area contributed by atoms with Crippen LogP contribution in [0, 0.1) is 5.82 Å². The highest BCUT2D eigenvalue weighted by atomic mass is 19.1. The third-order valence-corrected chi connectivity index (χ3v) is 2.89. The third kappa shape index (κ3) is 3.36. The predicted molar refractivity (Wildman–Crippen MR) is 74.9 cm³/mol. The van der Waals surface area contributed by atoms with Crippen LogP contribution in [-0.4, -0.2) is 25.2 Å². The molecule has 0 amide bonds. The van der Waals surface area contributed by atoms with Gasteiger partial charge < -0.3 is 15.4 Å². The second-order valence-electron chi connectivity index (χ2n) is 4.49. The van der Waals surface area contributed by atoms with Crippen LogP contribution in [0.25, 0.3) is 0 Å². The van der Waals surface area contributed by atoms with E-state index in [4.69, 9.17) is 10.5 Å². The van der Waals surface area contributed by atoms with E-state index in [1.54, 1.807) is 6.92 Å². The zero-order valence-electron chi connectivity index (χ0n) is 11.9. The summed E-state index contributed by atoms with van der Waals surface area (Å²) in [4.78, 5) is 13.6. The minimum atomic E-state index is -0.527. The van der Waals surface area contributed by atoms with E-state index in [1.807, 2.05) is 25.7 Å². The molecule has 1 aromatic rings. The first-order chi connectivity index (χ1) is 8.92. The summed E-state index contributed by atoms with van der Waals surface area (Å²) in [6.45, 7) is 8.46. The van der Waals surface area contributed by atoms with Crippen molar-refractivity contribution < 1.29 is 13.9 Å². The number of esters is 1. The van der Waals surface area contributed by atoms with Crippen LogP contribution in [0.5, 0.6) is 0 Å². The van der Waals surface area contributed by atoms with Crippen LogP contribution in [0.3, 0.4) is 0 Å². The van der Waals surface area contributed by atoms with Gasteiger partial charge in [0.25, 0.3) is 0 Å². The van der Waals surface area contributed by atoms with Gasteiger partial charge >= 0.3 is 5.97 Å². The quantitative estimate of drug-likeness (QED) is 0.659. The molecule has 0 aliphatic heterocycles. The number of nitrogens with zero attached hydrogens (tertiary/aromatic N) is 1. The molecule has 19 heavy (non-hydrogen) atoms. The molecule has 0 atom stereocenters. The number of benzene rings is 1. The molecule has 0 saturated carbocycles. The van der Waals surface area contributed by atoms with Crippen LogP contribution < -0.4 is 10.6 Å². The van der Waals surface area contributed by atoms with E-state index in [1.165, 1.54) is 12.1 Å². The van der Waals surface area contributed by atoms with E-state index in [9.17, 15) is 9.18 Å². The summed E-state index contributed by atoms with van der Waals surface area (Å²) >= 11 is 0. The van der Waals surface area contributed by atoms with Crippen molar-refractivity contribution in [2.75, 3.05) is 23.8 Å². The molecule has 0 aliphatic rings. The summed E-state index contributed by atoms with van der Waals surface area (Å²) < 4.78 is 18.9. The molecule has 0 unspecified atom stereocenters. The molecule has 5 heteroatoms. The standard InChI is InChI=1S/C14H21FN2O2/c1-5-17(9(3)4)13-7-10(14(18)19-6-2)12(16)8-11(13)15/h7-9H,5-6,16H2,1-4H3. The molecule has 0 spiro atoms. The van der Waals surface area contributed by atoms with Crippen LogP contribution in [0.1, 0.15) is 38.1 Å². The van der Waals surface area contributed by atoms with Crippen molar-refractivity contribution in [1.82, 2.24) is 0 Å². The van der Waals surface area contributed by atoms with Gasteiger partial charge in [0.15, 0.2) is 0 Å². The molecular formula is C14H21FN2O2. The fourth-order valence-electron chi connectivity index (χ4n) is 2.00. The first-order valence-electron chi connectivity index (χ1n) is 6.45. The highest BCUT2D eigenvalue weighted by Crippen LogP contribution is 2.27. The fraction of sp³-hybridized carbons (Fsp3) is 0.500. The monoisotopic (exact) mass is 268 g/mol. The van der Waals surface area contributed by atoms with E-state index >= 15 is 0 Å². The summed E-state index contributed by atoms with van der Waals surface area (Å²) in [5.41, 5.74) is 6.35. The second kappa shape index (κ2) is 6.41. The number of carbonyl (C=O) groups is 1.